The molecule has 6 heteroatoms. The van der Waals surface area contributed by atoms with Gasteiger partial charge in [0.1, 0.15) is 11.5 Å². The molecule has 0 fully saturated rings. The lowest BCUT2D eigenvalue weighted by molar-refractivity contribution is 0.0975. The number of aromatic hydroxyl groups is 3. The molecule has 112 valence electrons. The molecule has 0 atom stereocenters. The SMILES string of the molecule is COc1cc2c(cc1O)C(=O)c1cc(O)c(C)c(O)c1C2=O. The van der Waals surface area contributed by atoms with Gasteiger partial charge in [0.25, 0.3) is 0 Å². The predicted molar refractivity (Wildman–Crippen MR) is 76.0 cm³/mol. The number of ketones is 2. The van der Waals surface area contributed by atoms with Gasteiger partial charge in [-0.3, -0.25) is 9.59 Å². The van der Waals surface area contributed by atoms with Gasteiger partial charge in [-0.2, -0.15) is 0 Å². The van der Waals surface area contributed by atoms with Crippen LogP contribution < -0.4 is 4.74 Å². The number of carbonyl (C=O) groups excluding carboxylic acids is 2. The first-order valence-corrected chi connectivity index (χ1v) is 6.42. The lowest BCUT2D eigenvalue weighted by Gasteiger charge is -2.20. The molecule has 2 aromatic rings. The number of ether oxygens (including phenoxy) is 1. The molecule has 2 aromatic carbocycles. The molecular formula is C16H12O6. The van der Waals surface area contributed by atoms with Crippen molar-refractivity contribution in [3.05, 3.63) is 46.0 Å². The van der Waals surface area contributed by atoms with Gasteiger partial charge in [0.15, 0.2) is 23.1 Å². The van der Waals surface area contributed by atoms with Gasteiger partial charge in [-0.1, -0.05) is 0 Å². The van der Waals surface area contributed by atoms with Crippen LogP contribution >= 0.6 is 0 Å². The maximum Gasteiger partial charge on any atom is 0.198 e. The molecule has 0 heterocycles. The topological polar surface area (TPSA) is 104 Å². The number of carbonyl (C=O) groups is 2. The van der Waals surface area contributed by atoms with Gasteiger partial charge in [-0.15, -0.1) is 0 Å². The fourth-order valence-electron chi connectivity index (χ4n) is 2.55. The van der Waals surface area contributed by atoms with Crippen molar-refractivity contribution in [2.45, 2.75) is 6.92 Å². The first-order chi connectivity index (χ1) is 10.4. The Morgan fingerprint density at radius 1 is 0.864 bits per heavy atom. The summed E-state index contributed by atoms with van der Waals surface area (Å²) in [6, 6.07) is 3.55. The van der Waals surface area contributed by atoms with Gasteiger partial charge < -0.3 is 20.1 Å². The minimum absolute atomic E-state index is 0.00143. The molecule has 0 spiro atoms. The smallest absolute Gasteiger partial charge is 0.198 e. The van der Waals surface area contributed by atoms with Crippen LogP contribution in [0.3, 0.4) is 0 Å². The Labute approximate surface area is 125 Å². The van der Waals surface area contributed by atoms with Crippen LogP contribution in [0.1, 0.15) is 37.4 Å². The van der Waals surface area contributed by atoms with E-state index in [1.807, 2.05) is 0 Å². The second-order valence-corrected chi connectivity index (χ2v) is 5.02. The van der Waals surface area contributed by atoms with E-state index in [-0.39, 0.29) is 45.1 Å². The van der Waals surface area contributed by atoms with E-state index in [2.05, 4.69) is 0 Å². The van der Waals surface area contributed by atoms with Crippen LogP contribution in [-0.2, 0) is 0 Å². The van der Waals surface area contributed by atoms with Gasteiger partial charge >= 0.3 is 0 Å². The third kappa shape index (κ3) is 1.67. The highest BCUT2D eigenvalue weighted by Gasteiger charge is 2.34. The summed E-state index contributed by atoms with van der Waals surface area (Å²) in [6.45, 7) is 1.44. The van der Waals surface area contributed by atoms with Crippen molar-refractivity contribution in [1.29, 1.82) is 0 Å². The van der Waals surface area contributed by atoms with Gasteiger partial charge in [0.05, 0.1) is 12.7 Å². The largest absolute Gasteiger partial charge is 0.508 e. The lowest BCUT2D eigenvalue weighted by Crippen LogP contribution is -2.21. The number of benzene rings is 2. The molecule has 0 saturated carbocycles. The number of fused-ring (bicyclic) bond motifs is 2. The van der Waals surface area contributed by atoms with Crippen LogP contribution in [-0.4, -0.2) is 34.0 Å². The fraction of sp³-hybridized carbons (Fsp3) is 0.125. The van der Waals surface area contributed by atoms with Crippen LogP contribution in [0, 0.1) is 6.92 Å². The molecule has 0 bridgehead atoms. The van der Waals surface area contributed by atoms with E-state index in [0.717, 1.165) is 12.1 Å². The van der Waals surface area contributed by atoms with E-state index >= 15 is 0 Å². The van der Waals surface area contributed by atoms with Crippen LogP contribution in [0.15, 0.2) is 18.2 Å². The molecule has 0 unspecified atom stereocenters. The number of phenols is 3. The molecule has 3 rings (SSSR count). The second-order valence-electron chi connectivity index (χ2n) is 5.02. The maximum atomic E-state index is 12.6. The number of hydrogen-bond donors (Lipinski definition) is 3. The molecular weight excluding hydrogens is 288 g/mol. The number of hydrogen-bond acceptors (Lipinski definition) is 6. The standard InChI is InChI=1S/C16H12O6/c1-6-10(17)4-9-13(14(6)19)16(21)8-5-12(22-2)11(18)3-7(8)15(9)20/h3-5,17-19H,1-2H3. The van der Waals surface area contributed by atoms with Crippen molar-refractivity contribution in [2.24, 2.45) is 0 Å². The summed E-state index contributed by atoms with van der Waals surface area (Å²) in [5.74, 6) is -2.05. The van der Waals surface area contributed by atoms with Crippen molar-refractivity contribution < 1.29 is 29.6 Å². The molecule has 0 saturated heterocycles. The molecule has 22 heavy (non-hydrogen) atoms. The monoisotopic (exact) mass is 300 g/mol. The average molecular weight is 300 g/mol. The number of methoxy groups -OCH3 is 1. The summed E-state index contributed by atoms with van der Waals surface area (Å²) in [5.41, 5.74) is -0.0942. The van der Waals surface area contributed by atoms with Crippen molar-refractivity contribution >= 4 is 11.6 Å². The van der Waals surface area contributed by atoms with Gasteiger partial charge in [-0.05, 0) is 25.1 Å². The van der Waals surface area contributed by atoms with E-state index in [0.29, 0.717) is 0 Å². The Hall–Kier alpha value is -3.02. The summed E-state index contributed by atoms with van der Waals surface area (Å²) >= 11 is 0. The van der Waals surface area contributed by atoms with Gasteiger partial charge in [0, 0.05) is 22.3 Å². The second kappa shape index (κ2) is 4.49. The Morgan fingerprint density at radius 2 is 1.45 bits per heavy atom. The van der Waals surface area contributed by atoms with Crippen molar-refractivity contribution in [1.82, 2.24) is 0 Å². The molecule has 0 aliphatic heterocycles. The molecule has 1 aliphatic carbocycles. The Balaban J connectivity index is 2.35. The van der Waals surface area contributed by atoms with Crippen molar-refractivity contribution in [3.8, 4) is 23.0 Å². The van der Waals surface area contributed by atoms with E-state index < -0.39 is 17.3 Å². The van der Waals surface area contributed by atoms with Crippen molar-refractivity contribution in [2.75, 3.05) is 7.11 Å². The summed E-state index contributed by atoms with van der Waals surface area (Å²) in [4.78, 5) is 25.1. The van der Waals surface area contributed by atoms with Crippen LogP contribution in [0.4, 0.5) is 0 Å². The highest BCUT2D eigenvalue weighted by molar-refractivity contribution is 6.29. The number of phenolic OH excluding ortho intramolecular Hbond substituents is 3. The highest BCUT2D eigenvalue weighted by atomic mass is 16.5. The third-order valence-corrected chi connectivity index (χ3v) is 3.81. The third-order valence-electron chi connectivity index (χ3n) is 3.81. The average Bonchev–Trinajstić information content (AvgIpc) is 2.49. The lowest BCUT2D eigenvalue weighted by atomic mass is 9.82. The summed E-state index contributed by atoms with van der Waals surface area (Å²) < 4.78 is 4.94. The zero-order chi connectivity index (χ0) is 16.2. The zero-order valence-corrected chi connectivity index (χ0v) is 11.8. The highest BCUT2D eigenvalue weighted by Crippen LogP contribution is 2.41. The quantitative estimate of drug-likeness (QED) is 0.634. The first kappa shape index (κ1) is 13.9. The molecule has 0 aromatic heterocycles. The van der Waals surface area contributed by atoms with E-state index in [1.54, 1.807) is 0 Å². The van der Waals surface area contributed by atoms with Gasteiger partial charge in [0.2, 0.25) is 0 Å². The molecule has 3 N–H and O–H groups in total. The van der Waals surface area contributed by atoms with Crippen molar-refractivity contribution in [3.63, 3.8) is 0 Å². The Morgan fingerprint density at radius 3 is 2.09 bits per heavy atom. The van der Waals surface area contributed by atoms with Crippen LogP contribution in [0.2, 0.25) is 0 Å². The van der Waals surface area contributed by atoms with E-state index in [1.165, 1.54) is 20.1 Å². The molecule has 0 amide bonds. The molecule has 6 nitrogen and oxygen atoms in total. The fourth-order valence-corrected chi connectivity index (χ4v) is 2.55. The predicted octanol–water partition coefficient (Wildman–Crippen LogP) is 1.90. The maximum absolute atomic E-state index is 12.6. The normalized spacial score (nSPS) is 12.8. The molecule has 1 aliphatic rings. The minimum Gasteiger partial charge on any atom is -0.508 e. The number of rotatable bonds is 1. The summed E-state index contributed by atoms with van der Waals surface area (Å²) in [6.07, 6.45) is 0. The Kier molecular flexibility index (Phi) is 2.84. The minimum atomic E-state index is -0.566. The van der Waals surface area contributed by atoms with Crippen LogP contribution in [0.5, 0.6) is 23.0 Å². The summed E-state index contributed by atoms with van der Waals surface area (Å²) in [5, 5.41) is 29.6. The van der Waals surface area contributed by atoms with Crippen LogP contribution in [0.25, 0.3) is 0 Å². The zero-order valence-electron chi connectivity index (χ0n) is 11.8. The summed E-state index contributed by atoms with van der Waals surface area (Å²) in [7, 11) is 1.32. The Bertz CT molecular complexity index is 850. The van der Waals surface area contributed by atoms with E-state index in [9.17, 15) is 24.9 Å². The first-order valence-electron chi connectivity index (χ1n) is 6.42. The van der Waals surface area contributed by atoms with E-state index in [4.69, 9.17) is 4.74 Å². The molecule has 0 radical (unpaired) electrons. The van der Waals surface area contributed by atoms with Gasteiger partial charge in [-0.25, -0.2) is 0 Å².